The molecule has 0 fully saturated rings. The second kappa shape index (κ2) is 37.6. The molecule has 58 heavy (non-hydrogen) atoms. The minimum absolute atomic E-state index is 0.00868. The number of carbonyl (C=O) groups is 2. The van der Waals surface area contributed by atoms with E-state index in [2.05, 4.69) is 26.0 Å². The molecule has 0 aliphatic rings. The summed E-state index contributed by atoms with van der Waals surface area (Å²) in [6, 6.07) is 0. The molecule has 0 saturated heterocycles. The Hall–Kier alpha value is -2.37. The van der Waals surface area contributed by atoms with E-state index >= 15 is 0 Å². The highest BCUT2D eigenvalue weighted by Gasteiger charge is 2.27. The average Bonchev–Trinajstić information content (AvgIpc) is 3.16. The first-order valence-electron chi connectivity index (χ1n) is 22.2. The van der Waals surface area contributed by atoms with Crippen LogP contribution in [0.5, 0.6) is 0 Å². The third-order valence-electron chi connectivity index (χ3n) is 9.23. The van der Waals surface area contributed by atoms with Crippen LogP contribution in [-0.4, -0.2) is 97.3 Å². The van der Waals surface area contributed by atoms with Gasteiger partial charge in [0.05, 0.1) is 40.0 Å². The fourth-order valence-corrected chi connectivity index (χ4v) is 6.37. The summed E-state index contributed by atoms with van der Waals surface area (Å²) >= 11 is 0. The second-order valence-electron chi connectivity index (χ2n) is 16.1. The molecule has 0 aromatic carbocycles. The number of likely N-dealkylation sites (N-methyl/N-ethyl adjacent to an activating group) is 1. The first-order valence-corrected chi connectivity index (χ1v) is 23.7. The van der Waals surface area contributed by atoms with Gasteiger partial charge in [-0.05, 0) is 57.8 Å². The molecule has 336 valence electrons. The molecule has 0 spiro atoms. The maximum absolute atomic E-state index is 12.7. The third-order valence-corrected chi connectivity index (χ3v) is 10.2. The van der Waals surface area contributed by atoms with E-state index in [4.69, 9.17) is 18.5 Å². The second-order valence-corrected chi connectivity index (χ2v) is 17.6. The lowest BCUT2D eigenvalue weighted by molar-refractivity contribution is -0.870. The van der Waals surface area contributed by atoms with Crippen molar-refractivity contribution in [2.24, 2.45) is 0 Å². The Morgan fingerprint density at radius 1 is 0.621 bits per heavy atom. The predicted octanol–water partition coefficient (Wildman–Crippen LogP) is 10.4. The zero-order chi connectivity index (χ0) is 43.2. The maximum Gasteiger partial charge on any atom is 0.472 e. The normalized spacial score (nSPS) is 15.2. The standard InChI is InChI=1S/C46H82NO10P/c1-6-8-10-11-12-13-14-15-16-17-18-19-23-26-30-36-46(51)57-44(41-56-58(52,53)55-39-38-47(3,4)5)40-54-45(50)37-31-35-43(49)34-29-25-22-20-21-24-28-33-42(48)32-27-9-7-2/h13-14,21-22,24-25,28-29,33-34,42-44,48-49H,6-12,15-20,23,26-27,30-32,35-41H2,1-5H3/p+1/b14-13-,24-21-,25-22-,33-28+,34-29+/t42-,43-,44+/m0/s1. The van der Waals surface area contributed by atoms with Crippen molar-refractivity contribution < 1.29 is 52.3 Å². The predicted molar refractivity (Wildman–Crippen MR) is 236 cm³/mol. The molecular weight excluding hydrogens is 757 g/mol. The molecule has 0 rings (SSSR count). The Labute approximate surface area is 352 Å². The molecule has 0 aromatic heterocycles. The number of nitrogens with zero attached hydrogens (tertiary/aromatic N) is 1. The van der Waals surface area contributed by atoms with Gasteiger partial charge in [-0.25, -0.2) is 4.57 Å². The van der Waals surface area contributed by atoms with Crippen LogP contribution in [0.25, 0.3) is 0 Å². The van der Waals surface area contributed by atoms with E-state index in [0.717, 1.165) is 51.4 Å². The van der Waals surface area contributed by atoms with E-state index < -0.39 is 44.7 Å². The van der Waals surface area contributed by atoms with Crippen LogP contribution in [0.1, 0.15) is 155 Å². The van der Waals surface area contributed by atoms with Crippen LogP contribution in [0.3, 0.4) is 0 Å². The highest BCUT2D eigenvalue weighted by molar-refractivity contribution is 7.47. The van der Waals surface area contributed by atoms with Crippen molar-refractivity contribution in [2.45, 2.75) is 173 Å². The Kier molecular flexibility index (Phi) is 36.1. The third kappa shape index (κ3) is 40.4. The average molecular weight is 841 g/mol. The molecule has 4 atom stereocenters. The van der Waals surface area contributed by atoms with Crippen LogP contribution in [0.4, 0.5) is 0 Å². The minimum atomic E-state index is -4.43. The SMILES string of the molecule is CCCCCC/C=C\CCCCCCCCCC(=O)O[C@H](COC(=O)CCC[C@@H](O)/C=C/C=C\C/C=C\C=C\[C@@H](O)CCCCC)COP(=O)(O)OCC[N+](C)(C)C. The number of hydrogen-bond acceptors (Lipinski definition) is 9. The number of carbonyl (C=O) groups excluding carboxylic acids is 2. The van der Waals surface area contributed by atoms with Crippen LogP contribution in [0.15, 0.2) is 60.8 Å². The Morgan fingerprint density at radius 3 is 1.72 bits per heavy atom. The van der Waals surface area contributed by atoms with E-state index in [1.807, 2.05) is 51.5 Å². The number of allylic oxidation sites excluding steroid dienone is 8. The highest BCUT2D eigenvalue weighted by atomic mass is 31.2. The topological polar surface area (TPSA) is 149 Å². The van der Waals surface area contributed by atoms with Crippen molar-refractivity contribution in [3.8, 4) is 0 Å². The number of phosphoric acid groups is 1. The van der Waals surface area contributed by atoms with Gasteiger partial charge in [0.25, 0.3) is 0 Å². The smallest absolute Gasteiger partial charge is 0.462 e. The summed E-state index contributed by atoms with van der Waals surface area (Å²) in [5.74, 6) is -1.04. The number of unbranched alkanes of at least 4 members (excludes halogenated alkanes) is 13. The van der Waals surface area contributed by atoms with Crippen molar-refractivity contribution in [3.05, 3.63) is 60.8 Å². The first kappa shape index (κ1) is 55.6. The number of ether oxygens (including phenoxy) is 2. The molecule has 11 nitrogen and oxygen atoms in total. The van der Waals surface area contributed by atoms with E-state index in [0.29, 0.717) is 36.7 Å². The molecule has 0 heterocycles. The van der Waals surface area contributed by atoms with Gasteiger partial charge in [0.1, 0.15) is 19.8 Å². The number of aliphatic hydroxyl groups is 2. The minimum Gasteiger partial charge on any atom is -0.462 e. The zero-order valence-electron chi connectivity index (χ0n) is 37.0. The van der Waals surface area contributed by atoms with E-state index in [1.165, 1.54) is 51.4 Å². The number of esters is 2. The Morgan fingerprint density at radius 2 is 1.14 bits per heavy atom. The monoisotopic (exact) mass is 841 g/mol. The molecule has 0 saturated carbocycles. The number of rotatable bonds is 39. The molecule has 0 aliphatic carbocycles. The van der Waals surface area contributed by atoms with Crippen LogP contribution in [0.2, 0.25) is 0 Å². The molecule has 0 bridgehead atoms. The molecule has 0 aromatic rings. The fraction of sp³-hybridized carbons (Fsp3) is 0.739. The van der Waals surface area contributed by atoms with Gasteiger partial charge in [-0.2, -0.15) is 0 Å². The largest absolute Gasteiger partial charge is 0.472 e. The van der Waals surface area contributed by atoms with Gasteiger partial charge in [0.15, 0.2) is 6.10 Å². The van der Waals surface area contributed by atoms with Gasteiger partial charge < -0.3 is 29.1 Å². The Balaban J connectivity index is 4.60. The van der Waals surface area contributed by atoms with Crippen molar-refractivity contribution in [1.82, 2.24) is 0 Å². The van der Waals surface area contributed by atoms with E-state index in [1.54, 1.807) is 18.2 Å². The summed E-state index contributed by atoms with van der Waals surface area (Å²) < 4.78 is 34.1. The van der Waals surface area contributed by atoms with Crippen molar-refractivity contribution in [1.29, 1.82) is 0 Å². The molecule has 0 aliphatic heterocycles. The Bertz CT molecular complexity index is 1210. The molecule has 1 unspecified atom stereocenters. The van der Waals surface area contributed by atoms with Crippen LogP contribution in [0, 0.1) is 0 Å². The summed E-state index contributed by atoms with van der Waals surface area (Å²) in [5.41, 5.74) is 0. The lowest BCUT2D eigenvalue weighted by Crippen LogP contribution is -2.37. The number of hydrogen-bond donors (Lipinski definition) is 3. The lowest BCUT2D eigenvalue weighted by atomic mass is 10.1. The number of quaternary nitrogens is 1. The van der Waals surface area contributed by atoms with Gasteiger partial charge in [-0.3, -0.25) is 18.6 Å². The summed E-state index contributed by atoms with van der Waals surface area (Å²) in [6.45, 7) is 4.03. The van der Waals surface area contributed by atoms with Crippen LogP contribution in [-0.2, 0) is 32.7 Å². The van der Waals surface area contributed by atoms with Crippen molar-refractivity contribution in [3.63, 3.8) is 0 Å². The van der Waals surface area contributed by atoms with Crippen LogP contribution < -0.4 is 0 Å². The quantitative estimate of drug-likeness (QED) is 0.0136. The maximum atomic E-state index is 12.7. The van der Waals surface area contributed by atoms with E-state index in [9.17, 15) is 29.3 Å². The van der Waals surface area contributed by atoms with Gasteiger partial charge >= 0.3 is 19.8 Å². The summed E-state index contributed by atoms with van der Waals surface area (Å²) in [4.78, 5) is 35.4. The number of aliphatic hydroxyl groups excluding tert-OH is 2. The van der Waals surface area contributed by atoms with Crippen molar-refractivity contribution >= 4 is 19.8 Å². The number of phosphoric ester groups is 1. The molecule has 3 N–H and O–H groups in total. The molecule has 0 radical (unpaired) electrons. The molecule has 0 amide bonds. The van der Waals surface area contributed by atoms with Gasteiger partial charge in [0.2, 0.25) is 0 Å². The lowest BCUT2D eigenvalue weighted by Gasteiger charge is -2.24. The fourth-order valence-electron chi connectivity index (χ4n) is 5.63. The van der Waals surface area contributed by atoms with Gasteiger partial charge in [-0.15, -0.1) is 0 Å². The molecular formula is C46H83NO10P+. The summed E-state index contributed by atoms with van der Waals surface area (Å²) in [6.07, 6.45) is 37.7. The van der Waals surface area contributed by atoms with E-state index in [-0.39, 0.29) is 26.1 Å². The molecule has 12 heteroatoms. The highest BCUT2D eigenvalue weighted by Crippen LogP contribution is 2.43. The first-order chi connectivity index (χ1) is 27.8. The summed E-state index contributed by atoms with van der Waals surface area (Å²) in [7, 11) is 1.34. The van der Waals surface area contributed by atoms with Gasteiger partial charge in [0, 0.05) is 12.8 Å². The van der Waals surface area contributed by atoms with Crippen molar-refractivity contribution in [2.75, 3.05) is 47.5 Å². The van der Waals surface area contributed by atoms with Gasteiger partial charge in [-0.1, -0.05) is 145 Å². The summed E-state index contributed by atoms with van der Waals surface area (Å²) in [5, 5.41) is 20.2. The van der Waals surface area contributed by atoms with Crippen LogP contribution >= 0.6 is 7.82 Å². The zero-order valence-corrected chi connectivity index (χ0v) is 37.9.